The number of hydrogen-bond donors (Lipinski definition) is 3. The number of carbonyl (C=O) groups excluding carboxylic acids is 1. The SMILES string of the molecule is CC.CC(CCS(C)(=O)=O)C(=O)O.CC1CCCCC1.CCCC1CCCN1Cc1ccc(C(=O)NC(CCSC)C(=O)O)c(-c2ccccc2C)c1. The van der Waals surface area contributed by atoms with Gasteiger partial charge in [-0.2, -0.15) is 11.8 Å². The Morgan fingerprint density at radius 2 is 1.60 bits per heavy atom. The number of likely N-dealkylation sites (tertiary alicyclic amines) is 1. The van der Waals surface area contributed by atoms with Crippen LogP contribution in [0.2, 0.25) is 0 Å². The number of nitrogens with one attached hydrogen (secondary N) is 1. The van der Waals surface area contributed by atoms with E-state index in [4.69, 9.17) is 5.11 Å². The second-order valence-corrected chi connectivity index (χ2v) is 17.5. The number of carboxylic acids is 2. The van der Waals surface area contributed by atoms with Gasteiger partial charge in [-0.3, -0.25) is 14.5 Å². The third-order valence-corrected chi connectivity index (χ3v) is 11.3. The van der Waals surface area contributed by atoms with Gasteiger partial charge in [0.2, 0.25) is 0 Å². The number of rotatable bonds is 15. The van der Waals surface area contributed by atoms with Crippen molar-refractivity contribution in [3.05, 3.63) is 59.2 Å². The molecule has 3 N–H and O–H groups in total. The number of benzene rings is 2. The van der Waals surface area contributed by atoms with Crippen LogP contribution in [0.5, 0.6) is 0 Å². The van der Waals surface area contributed by atoms with Gasteiger partial charge in [-0.05, 0) is 97.9 Å². The Bertz CT molecular complexity index is 1490. The van der Waals surface area contributed by atoms with Gasteiger partial charge >= 0.3 is 11.9 Å². The zero-order chi connectivity index (χ0) is 40.0. The van der Waals surface area contributed by atoms with E-state index in [-0.39, 0.29) is 18.1 Å². The molecule has 1 heterocycles. The van der Waals surface area contributed by atoms with Crippen LogP contribution in [0, 0.1) is 18.8 Å². The molecule has 3 unspecified atom stereocenters. The minimum Gasteiger partial charge on any atom is -0.481 e. The van der Waals surface area contributed by atoms with Gasteiger partial charge in [0.1, 0.15) is 15.9 Å². The molecule has 2 aromatic carbocycles. The first-order valence-corrected chi connectivity index (χ1v) is 23.0. The lowest BCUT2D eigenvalue weighted by molar-refractivity contribution is -0.141. The summed E-state index contributed by atoms with van der Waals surface area (Å²) in [6.07, 6.45) is 16.0. The Kier molecular flexibility index (Phi) is 23.6. The molecule has 3 atom stereocenters. The van der Waals surface area contributed by atoms with E-state index in [1.165, 1.54) is 70.3 Å². The van der Waals surface area contributed by atoms with E-state index in [9.17, 15) is 27.9 Å². The summed E-state index contributed by atoms with van der Waals surface area (Å²) in [5.41, 5.74) is 4.67. The summed E-state index contributed by atoms with van der Waals surface area (Å²) in [6.45, 7) is 14.1. The maximum atomic E-state index is 13.2. The fourth-order valence-electron chi connectivity index (χ4n) is 6.53. The first kappa shape index (κ1) is 48.1. The Labute approximate surface area is 325 Å². The highest BCUT2D eigenvalue weighted by atomic mass is 32.2. The molecule has 0 spiro atoms. The van der Waals surface area contributed by atoms with E-state index in [0.717, 1.165) is 42.0 Å². The van der Waals surface area contributed by atoms with Crippen molar-refractivity contribution < 1.29 is 33.0 Å². The van der Waals surface area contributed by atoms with Crippen molar-refractivity contribution in [1.29, 1.82) is 0 Å². The summed E-state index contributed by atoms with van der Waals surface area (Å²) in [7, 11) is -3.02. The van der Waals surface area contributed by atoms with Crippen molar-refractivity contribution in [3.8, 4) is 11.1 Å². The van der Waals surface area contributed by atoms with E-state index in [0.29, 0.717) is 23.8 Å². The first-order valence-electron chi connectivity index (χ1n) is 19.5. The maximum absolute atomic E-state index is 13.2. The smallest absolute Gasteiger partial charge is 0.326 e. The molecule has 2 aromatic rings. The minimum absolute atomic E-state index is 0.0551. The summed E-state index contributed by atoms with van der Waals surface area (Å²) >= 11 is 1.57. The molecule has 9 nitrogen and oxygen atoms in total. The second kappa shape index (κ2) is 26.0. The summed E-state index contributed by atoms with van der Waals surface area (Å²) in [5, 5.41) is 20.7. The molecule has 4 rings (SSSR count). The molecular formula is C42H68N2O7S2. The number of sulfone groups is 1. The van der Waals surface area contributed by atoms with Crippen molar-refractivity contribution in [3.63, 3.8) is 0 Å². The largest absolute Gasteiger partial charge is 0.481 e. The van der Waals surface area contributed by atoms with Gasteiger partial charge in [-0.25, -0.2) is 13.2 Å². The van der Waals surface area contributed by atoms with Crippen LogP contribution in [0.3, 0.4) is 0 Å². The number of carbonyl (C=O) groups is 3. The van der Waals surface area contributed by atoms with Gasteiger partial charge < -0.3 is 15.5 Å². The zero-order valence-electron chi connectivity index (χ0n) is 33.7. The lowest BCUT2D eigenvalue weighted by Gasteiger charge is -2.25. The number of carboxylic acid groups (broad SMARTS) is 2. The molecule has 0 bridgehead atoms. The lowest BCUT2D eigenvalue weighted by atomic mass is 9.91. The molecule has 300 valence electrons. The predicted molar refractivity (Wildman–Crippen MR) is 222 cm³/mol. The Morgan fingerprint density at radius 3 is 2.13 bits per heavy atom. The molecule has 53 heavy (non-hydrogen) atoms. The van der Waals surface area contributed by atoms with Crippen LogP contribution in [0.15, 0.2) is 42.5 Å². The second-order valence-electron chi connectivity index (χ2n) is 14.3. The van der Waals surface area contributed by atoms with Crippen molar-refractivity contribution >= 4 is 39.4 Å². The van der Waals surface area contributed by atoms with Crippen molar-refractivity contribution in [2.45, 2.75) is 131 Å². The van der Waals surface area contributed by atoms with Crippen molar-refractivity contribution in [1.82, 2.24) is 10.2 Å². The van der Waals surface area contributed by atoms with Crippen LogP contribution in [0.1, 0.15) is 127 Å². The van der Waals surface area contributed by atoms with E-state index in [2.05, 4.69) is 30.1 Å². The highest BCUT2D eigenvalue weighted by Crippen LogP contribution is 2.30. The van der Waals surface area contributed by atoms with Crippen LogP contribution >= 0.6 is 11.8 Å². The minimum atomic E-state index is -3.02. The lowest BCUT2D eigenvalue weighted by Crippen LogP contribution is -2.41. The maximum Gasteiger partial charge on any atom is 0.326 e. The fourth-order valence-corrected chi connectivity index (χ4v) is 7.79. The van der Waals surface area contributed by atoms with Crippen LogP contribution in [0.4, 0.5) is 0 Å². The average Bonchev–Trinajstić information content (AvgIpc) is 3.56. The Hall–Kier alpha value is -2.89. The number of aliphatic carboxylic acids is 2. The fraction of sp³-hybridized carbons (Fsp3) is 0.643. The average molecular weight is 777 g/mol. The van der Waals surface area contributed by atoms with Gasteiger partial charge in [-0.15, -0.1) is 0 Å². The van der Waals surface area contributed by atoms with Crippen molar-refractivity contribution in [2.24, 2.45) is 11.8 Å². The van der Waals surface area contributed by atoms with Gasteiger partial charge in [0.25, 0.3) is 5.91 Å². The molecule has 1 saturated carbocycles. The number of hydrogen-bond acceptors (Lipinski definition) is 7. The molecular weight excluding hydrogens is 709 g/mol. The predicted octanol–water partition coefficient (Wildman–Crippen LogP) is 9.12. The molecule has 1 aliphatic heterocycles. The molecule has 11 heteroatoms. The van der Waals surface area contributed by atoms with Gasteiger partial charge in [-0.1, -0.05) is 103 Å². The number of aryl methyl sites for hydroxylation is 1. The highest BCUT2D eigenvalue weighted by molar-refractivity contribution is 7.98. The third-order valence-electron chi connectivity index (χ3n) is 9.72. The molecule has 2 aliphatic rings. The van der Waals surface area contributed by atoms with Crippen LogP contribution < -0.4 is 5.32 Å². The quantitative estimate of drug-likeness (QED) is 0.162. The standard InChI is InChI=1S/C27H36N2O3S.C7H14.C6H12O4S.C2H6/c1-4-8-21-10-7-15-29(21)18-20-12-13-23(24(17-20)22-11-6-5-9-19(22)2)26(30)28-25(27(31)32)14-16-33-3;1-7-5-3-2-4-6-7;1-5(6(7)8)3-4-11(2,9)10;1-2/h5-6,9,11-13,17,21,25H,4,7-8,10,14-16,18H2,1-3H3,(H,28,30)(H,31,32);7H,2-6H2,1H3;5H,3-4H2,1-2H3,(H,7,8);1-2H3. The zero-order valence-corrected chi connectivity index (χ0v) is 35.3. The van der Waals surface area contributed by atoms with Gasteiger partial charge in [0.05, 0.1) is 11.7 Å². The third kappa shape index (κ3) is 18.8. The van der Waals surface area contributed by atoms with Gasteiger partial charge in [0.15, 0.2) is 0 Å². The molecule has 1 saturated heterocycles. The van der Waals surface area contributed by atoms with E-state index >= 15 is 0 Å². The van der Waals surface area contributed by atoms with E-state index in [1.54, 1.807) is 11.8 Å². The summed E-state index contributed by atoms with van der Waals surface area (Å²) in [6, 6.07) is 13.8. The van der Waals surface area contributed by atoms with E-state index in [1.807, 2.05) is 63.4 Å². The van der Waals surface area contributed by atoms with Crippen LogP contribution in [0.25, 0.3) is 11.1 Å². The normalized spacial score (nSPS) is 17.1. The van der Waals surface area contributed by atoms with Gasteiger partial charge in [0, 0.05) is 24.4 Å². The monoisotopic (exact) mass is 776 g/mol. The molecule has 0 aromatic heterocycles. The molecule has 2 fully saturated rings. The summed E-state index contributed by atoms with van der Waals surface area (Å²) in [4.78, 5) is 37.7. The summed E-state index contributed by atoms with van der Waals surface area (Å²) < 4.78 is 21.1. The summed E-state index contributed by atoms with van der Waals surface area (Å²) in [5.74, 6) is -1.20. The number of amides is 1. The molecule has 1 aliphatic carbocycles. The first-order chi connectivity index (χ1) is 25.2. The Balaban J connectivity index is 0.000000572. The Morgan fingerprint density at radius 1 is 0.943 bits per heavy atom. The number of nitrogens with zero attached hydrogens (tertiary/aromatic N) is 1. The molecule has 0 radical (unpaired) electrons. The van der Waals surface area contributed by atoms with Crippen molar-refractivity contribution in [2.75, 3.05) is 30.6 Å². The van der Waals surface area contributed by atoms with Crippen LogP contribution in [-0.4, -0.2) is 84.0 Å². The topological polar surface area (TPSA) is 141 Å². The molecule has 1 amide bonds. The van der Waals surface area contributed by atoms with E-state index < -0.39 is 33.7 Å². The highest BCUT2D eigenvalue weighted by Gasteiger charge is 2.26. The van der Waals surface area contributed by atoms with Crippen LogP contribution in [-0.2, 0) is 26.0 Å². The number of thioether (sulfide) groups is 1.